The normalized spacial score (nSPS) is 15.1. The zero-order valence-electron chi connectivity index (χ0n) is 18.7. The van der Waals surface area contributed by atoms with Crippen LogP contribution in [-0.2, 0) is 22.6 Å². The van der Waals surface area contributed by atoms with Crippen molar-refractivity contribution in [2.45, 2.75) is 65.8 Å². The van der Waals surface area contributed by atoms with Crippen LogP contribution in [0, 0.1) is 11.8 Å². The van der Waals surface area contributed by atoms with Gasteiger partial charge in [0, 0.05) is 32.0 Å². The van der Waals surface area contributed by atoms with Crippen LogP contribution in [0.3, 0.4) is 0 Å². The monoisotopic (exact) mass is 412 g/mol. The highest BCUT2D eigenvalue weighted by molar-refractivity contribution is 5.81. The molecule has 0 radical (unpaired) electrons. The maximum Gasteiger partial charge on any atom is 0.242 e. The summed E-state index contributed by atoms with van der Waals surface area (Å²) in [5.74, 6) is 2.04. The van der Waals surface area contributed by atoms with Crippen molar-refractivity contribution < 1.29 is 9.59 Å². The molecule has 1 aromatic carbocycles. The number of nitrogens with zero attached hydrogens (tertiary/aromatic N) is 3. The molecule has 0 aliphatic carbocycles. The fraction of sp³-hybridized carbons (Fsp3) is 0.625. The Kier molecular flexibility index (Phi) is 7.88. The molecule has 2 amide bonds. The molecule has 0 unspecified atom stereocenters. The van der Waals surface area contributed by atoms with Crippen molar-refractivity contribution in [3.05, 3.63) is 30.1 Å². The highest BCUT2D eigenvalue weighted by atomic mass is 16.2. The number of fused-ring (bicyclic) bond motifs is 1. The van der Waals surface area contributed by atoms with Crippen molar-refractivity contribution in [1.82, 2.24) is 19.8 Å². The second kappa shape index (κ2) is 10.6. The Balaban J connectivity index is 1.58. The van der Waals surface area contributed by atoms with E-state index in [0.29, 0.717) is 12.5 Å². The Morgan fingerprint density at radius 3 is 2.60 bits per heavy atom. The van der Waals surface area contributed by atoms with Crippen molar-refractivity contribution in [3.8, 4) is 0 Å². The van der Waals surface area contributed by atoms with E-state index in [1.165, 1.54) is 0 Å². The molecule has 0 bridgehead atoms. The number of hydrogen-bond donors (Lipinski definition) is 1. The molecule has 0 spiro atoms. The fourth-order valence-electron chi connectivity index (χ4n) is 3.99. The quantitative estimate of drug-likeness (QED) is 0.638. The number of aryl methyl sites for hydroxylation is 1. The van der Waals surface area contributed by atoms with Gasteiger partial charge in [-0.2, -0.15) is 0 Å². The standard InChI is InChI=1S/C24H36N4O2/c1-18(2)24(30)25-14-8-4-5-11-22-26-20-9-6-7-10-21(20)28(22)17-23(29)27-15-12-19(3)13-16-27/h6-7,9-10,18-19H,4-5,8,11-17H2,1-3H3,(H,25,30). The van der Waals surface area contributed by atoms with Crippen LogP contribution in [0.4, 0.5) is 0 Å². The highest BCUT2D eigenvalue weighted by Gasteiger charge is 2.22. The average Bonchev–Trinajstić information content (AvgIpc) is 3.08. The van der Waals surface area contributed by atoms with Gasteiger partial charge >= 0.3 is 0 Å². The lowest BCUT2D eigenvalue weighted by atomic mass is 9.99. The van der Waals surface area contributed by atoms with E-state index in [2.05, 4.69) is 22.9 Å². The lowest BCUT2D eigenvalue weighted by molar-refractivity contribution is -0.133. The molecule has 3 rings (SSSR count). The van der Waals surface area contributed by atoms with Gasteiger partial charge in [-0.15, -0.1) is 0 Å². The van der Waals surface area contributed by atoms with Crippen LogP contribution in [-0.4, -0.2) is 45.9 Å². The van der Waals surface area contributed by atoms with E-state index in [1.54, 1.807) is 0 Å². The summed E-state index contributed by atoms with van der Waals surface area (Å²) in [4.78, 5) is 31.4. The summed E-state index contributed by atoms with van der Waals surface area (Å²) in [7, 11) is 0. The van der Waals surface area contributed by atoms with Gasteiger partial charge in [-0.25, -0.2) is 4.98 Å². The molecule has 1 aliphatic rings. The predicted molar refractivity (Wildman–Crippen MR) is 120 cm³/mol. The second-order valence-electron chi connectivity index (χ2n) is 8.92. The predicted octanol–water partition coefficient (Wildman–Crippen LogP) is 3.78. The molecule has 1 aliphatic heterocycles. The number of rotatable bonds is 9. The Bertz CT molecular complexity index is 850. The van der Waals surface area contributed by atoms with E-state index in [4.69, 9.17) is 4.98 Å². The summed E-state index contributed by atoms with van der Waals surface area (Å²) in [5.41, 5.74) is 1.99. The van der Waals surface area contributed by atoms with Gasteiger partial charge in [0.05, 0.1) is 11.0 Å². The number of aromatic nitrogens is 2. The van der Waals surface area contributed by atoms with E-state index in [-0.39, 0.29) is 17.7 Å². The number of carbonyl (C=O) groups is 2. The zero-order chi connectivity index (χ0) is 21.5. The van der Waals surface area contributed by atoms with Crippen molar-refractivity contribution in [2.24, 2.45) is 11.8 Å². The van der Waals surface area contributed by atoms with Crippen LogP contribution in [0.15, 0.2) is 24.3 Å². The van der Waals surface area contributed by atoms with Gasteiger partial charge in [0.2, 0.25) is 11.8 Å². The molecule has 1 aromatic heterocycles. The Hall–Kier alpha value is -2.37. The topological polar surface area (TPSA) is 67.2 Å². The molecule has 6 nitrogen and oxygen atoms in total. The van der Waals surface area contributed by atoms with Crippen molar-refractivity contribution in [1.29, 1.82) is 0 Å². The molecule has 6 heteroatoms. The number of carbonyl (C=O) groups excluding carboxylic acids is 2. The second-order valence-corrected chi connectivity index (χ2v) is 8.92. The van der Waals surface area contributed by atoms with Crippen LogP contribution in [0.1, 0.15) is 58.7 Å². The van der Waals surface area contributed by atoms with Gasteiger partial charge in [0.15, 0.2) is 0 Å². The Labute approximate surface area is 180 Å². The van der Waals surface area contributed by atoms with E-state index < -0.39 is 0 Å². The van der Waals surface area contributed by atoms with E-state index in [1.807, 2.05) is 36.9 Å². The molecular formula is C24H36N4O2. The minimum atomic E-state index is 0.0329. The molecular weight excluding hydrogens is 376 g/mol. The molecule has 1 fully saturated rings. The first kappa shape index (κ1) is 22.3. The third kappa shape index (κ3) is 5.83. The first-order valence-corrected chi connectivity index (χ1v) is 11.5. The molecule has 0 atom stereocenters. The lowest BCUT2D eigenvalue weighted by Gasteiger charge is -2.30. The fourth-order valence-corrected chi connectivity index (χ4v) is 3.99. The van der Waals surface area contributed by atoms with Crippen LogP contribution in [0.5, 0.6) is 0 Å². The van der Waals surface area contributed by atoms with Crippen molar-refractivity contribution >= 4 is 22.8 Å². The Morgan fingerprint density at radius 1 is 1.13 bits per heavy atom. The molecule has 1 saturated heterocycles. The van der Waals surface area contributed by atoms with E-state index >= 15 is 0 Å². The number of imidazole rings is 1. The molecule has 164 valence electrons. The summed E-state index contributed by atoms with van der Waals surface area (Å²) in [6.45, 7) is 8.90. The number of nitrogens with one attached hydrogen (secondary N) is 1. The number of para-hydroxylation sites is 2. The van der Waals surface area contributed by atoms with Crippen LogP contribution in [0.2, 0.25) is 0 Å². The van der Waals surface area contributed by atoms with Gasteiger partial charge in [-0.3, -0.25) is 9.59 Å². The molecule has 0 saturated carbocycles. The van der Waals surface area contributed by atoms with Crippen molar-refractivity contribution in [2.75, 3.05) is 19.6 Å². The first-order chi connectivity index (χ1) is 14.5. The highest BCUT2D eigenvalue weighted by Crippen LogP contribution is 2.20. The summed E-state index contributed by atoms with van der Waals surface area (Å²) < 4.78 is 2.11. The smallest absolute Gasteiger partial charge is 0.242 e. The molecule has 2 heterocycles. The van der Waals surface area contributed by atoms with E-state index in [9.17, 15) is 9.59 Å². The third-order valence-electron chi connectivity index (χ3n) is 6.06. The SMILES string of the molecule is CC1CCN(C(=O)Cn2c(CCCCCNC(=O)C(C)C)nc3ccccc32)CC1. The maximum absolute atomic E-state index is 12.9. The molecule has 2 aromatic rings. The van der Waals surface area contributed by atoms with Crippen molar-refractivity contribution in [3.63, 3.8) is 0 Å². The summed E-state index contributed by atoms with van der Waals surface area (Å²) in [5, 5.41) is 2.97. The first-order valence-electron chi connectivity index (χ1n) is 11.5. The zero-order valence-corrected chi connectivity index (χ0v) is 18.7. The number of piperidine rings is 1. The summed E-state index contributed by atoms with van der Waals surface area (Å²) in [6, 6.07) is 8.08. The minimum absolute atomic E-state index is 0.0329. The summed E-state index contributed by atoms with van der Waals surface area (Å²) >= 11 is 0. The number of likely N-dealkylation sites (tertiary alicyclic amines) is 1. The van der Waals surface area contributed by atoms with Gasteiger partial charge in [-0.1, -0.05) is 39.3 Å². The average molecular weight is 413 g/mol. The van der Waals surface area contributed by atoms with Crippen LogP contribution >= 0.6 is 0 Å². The third-order valence-corrected chi connectivity index (χ3v) is 6.06. The molecule has 1 N–H and O–H groups in total. The summed E-state index contributed by atoms with van der Waals surface area (Å²) in [6.07, 6.45) is 6.02. The van der Waals surface area contributed by atoms with Gasteiger partial charge in [0.25, 0.3) is 0 Å². The maximum atomic E-state index is 12.9. The largest absolute Gasteiger partial charge is 0.356 e. The Morgan fingerprint density at radius 2 is 1.87 bits per heavy atom. The molecule has 30 heavy (non-hydrogen) atoms. The number of amides is 2. The van der Waals surface area contributed by atoms with E-state index in [0.717, 1.165) is 75.0 Å². The number of hydrogen-bond acceptors (Lipinski definition) is 3. The minimum Gasteiger partial charge on any atom is -0.356 e. The number of unbranched alkanes of at least 4 members (excludes halogenated alkanes) is 2. The van der Waals surface area contributed by atoms with Gasteiger partial charge in [-0.05, 0) is 43.7 Å². The lowest BCUT2D eigenvalue weighted by Crippen LogP contribution is -2.39. The number of benzene rings is 1. The van der Waals surface area contributed by atoms with Crippen LogP contribution in [0.25, 0.3) is 11.0 Å². The van der Waals surface area contributed by atoms with Gasteiger partial charge in [0.1, 0.15) is 12.4 Å². The van der Waals surface area contributed by atoms with Gasteiger partial charge < -0.3 is 14.8 Å². The van der Waals surface area contributed by atoms with Crippen LogP contribution < -0.4 is 5.32 Å².